The minimum atomic E-state index is -3.68. The van der Waals surface area contributed by atoms with Gasteiger partial charge in [0.05, 0.1) is 0 Å². The second-order valence-electron chi connectivity index (χ2n) is 5.76. The fraction of sp³-hybridized carbons (Fsp3) is 0.643. The third-order valence-corrected chi connectivity index (χ3v) is 5.74. The standard InChI is InChI=1S/C14H24N4O3S.ClH/c1-16-14(19)13-7-11(9-18(13)2)22(20,21)17-12(8-15)10-5-3-4-6-10;/h7,9-10,12,17H,3-6,8,15H2,1-2H3,(H,16,19);1H. The van der Waals surface area contributed by atoms with Crippen molar-refractivity contribution >= 4 is 28.3 Å². The molecule has 4 N–H and O–H groups in total. The predicted octanol–water partition coefficient (Wildman–Crippen LogP) is 0.602. The Morgan fingerprint density at radius 2 is 2.04 bits per heavy atom. The Balaban J connectivity index is 0.00000264. The van der Waals surface area contributed by atoms with E-state index >= 15 is 0 Å². The molecule has 1 atom stereocenters. The van der Waals surface area contributed by atoms with Gasteiger partial charge in [-0.3, -0.25) is 4.79 Å². The largest absolute Gasteiger partial charge is 0.354 e. The normalized spacial score (nSPS) is 16.8. The van der Waals surface area contributed by atoms with Crippen LogP contribution in [-0.4, -0.2) is 38.5 Å². The van der Waals surface area contributed by atoms with E-state index < -0.39 is 10.0 Å². The highest BCUT2D eigenvalue weighted by Crippen LogP contribution is 2.28. The van der Waals surface area contributed by atoms with Crippen molar-refractivity contribution in [3.63, 3.8) is 0 Å². The molecule has 1 heterocycles. The van der Waals surface area contributed by atoms with Crippen LogP contribution >= 0.6 is 12.4 Å². The van der Waals surface area contributed by atoms with Gasteiger partial charge in [0, 0.05) is 32.9 Å². The van der Waals surface area contributed by atoms with Crippen molar-refractivity contribution in [2.45, 2.75) is 36.6 Å². The van der Waals surface area contributed by atoms with Crippen LogP contribution < -0.4 is 15.8 Å². The van der Waals surface area contributed by atoms with Gasteiger partial charge in [-0.2, -0.15) is 0 Å². The fourth-order valence-corrected chi connectivity index (χ4v) is 4.39. The van der Waals surface area contributed by atoms with Crippen LogP contribution in [0, 0.1) is 5.92 Å². The van der Waals surface area contributed by atoms with Crippen LogP contribution in [-0.2, 0) is 17.1 Å². The predicted molar refractivity (Wildman–Crippen MR) is 91.2 cm³/mol. The number of carbonyl (C=O) groups is 1. The molecule has 2 rings (SSSR count). The van der Waals surface area contributed by atoms with E-state index in [1.165, 1.54) is 23.9 Å². The van der Waals surface area contributed by atoms with E-state index in [9.17, 15) is 13.2 Å². The number of hydrogen-bond acceptors (Lipinski definition) is 4. The SMILES string of the molecule is CNC(=O)c1cc(S(=O)(=O)NC(CN)C2CCCC2)cn1C.Cl. The van der Waals surface area contributed by atoms with Gasteiger partial charge in [0.25, 0.3) is 5.91 Å². The van der Waals surface area contributed by atoms with Crippen molar-refractivity contribution < 1.29 is 13.2 Å². The summed E-state index contributed by atoms with van der Waals surface area (Å²) >= 11 is 0. The Kier molecular flexibility index (Phi) is 7.06. The van der Waals surface area contributed by atoms with E-state index in [1.54, 1.807) is 7.05 Å². The number of aromatic nitrogens is 1. The van der Waals surface area contributed by atoms with Crippen LogP contribution in [0.2, 0.25) is 0 Å². The van der Waals surface area contributed by atoms with Gasteiger partial charge in [-0.1, -0.05) is 12.8 Å². The van der Waals surface area contributed by atoms with Crippen molar-refractivity contribution in [3.05, 3.63) is 18.0 Å². The summed E-state index contributed by atoms with van der Waals surface area (Å²) in [5.74, 6) is -0.0305. The Morgan fingerprint density at radius 3 is 2.57 bits per heavy atom. The first kappa shape index (κ1) is 20.0. The number of sulfonamides is 1. The maximum atomic E-state index is 12.5. The molecule has 1 saturated carbocycles. The van der Waals surface area contributed by atoms with Gasteiger partial charge < -0.3 is 15.6 Å². The quantitative estimate of drug-likeness (QED) is 0.687. The zero-order valence-electron chi connectivity index (χ0n) is 13.4. The highest BCUT2D eigenvalue weighted by Gasteiger charge is 2.29. The van der Waals surface area contributed by atoms with E-state index in [1.807, 2.05) is 0 Å². The lowest BCUT2D eigenvalue weighted by molar-refractivity contribution is 0.0955. The summed E-state index contributed by atoms with van der Waals surface area (Å²) in [5, 5.41) is 2.49. The van der Waals surface area contributed by atoms with Crippen molar-refractivity contribution in [2.24, 2.45) is 18.7 Å². The van der Waals surface area contributed by atoms with Gasteiger partial charge in [-0.05, 0) is 24.8 Å². The van der Waals surface area contributed by atoms with Crippen LogP contribution in [0.4, 0.5) is 0 Å². The molecule has 1 amide bonds. The van der Waals surface area contributed by atoms with Gasteiger partial charge in [-0.15, -0.1) is 12.4 Å². The van der Waals surface area contributed by atoms with Gasteiger partial charge in [0.1, 0.15) is 10.6 Å². The lowest BCUT2D eigenvalue weighted by Gasteiger charge is -2.22. The molecular formula is C14H25ClN4O3S. The van der Waals surface area contributed by atoms with E-state index in [0.29, 0.717) is 11.6 Å². The Morgan fingerprint density at radius 1 is 1.43 bits per heavy atom. The van der Waals surface area contributed by atoms with E-state index in [0.717, 1.165) is 25.7 Å². The third-order valence-electron chi connectivity index (χ3n) is 4.28. The lowest BCUT2D eigenvalue weighted by atomic mass is 9.99. The molecule has 9 heteroatoms. The van der Waals surface area contributed by atoms with Crippen LogP contribution in [0.25, 0.3) is 0 Å². The van der Waals surface area contributed by atoms with E-state index in [4.69, 9.17) is 5.73 Å². The smallest absolute Gasteiger partial charge is 0.267 e. The first-order chi connectivity index (χ1) is 10.4. The summed E-state index contributed by atoms with van der Waals surface area (Å²) in [4.78, 5) is 11.8. The number of aryl methyl sites for hydroxylation is 1. The molecule has 0 radical (unpaired) electrons. The Labute approximate surface area is 143 Å². The second kappa shape index (κ2) is 8.14. The first-order valence-electron chi connectivity index (χ1n) is 7.50. The minimum Gasteiger partial charge on any atom is -0.354 e. The molecule has 0 spiro atoms. The lowest BCUT2D eigenvalue weighted by Crippen LogP contribution is -2.44. The monoisotopic (exact) mass is 364 g/mol. The minimum absolute atomic E-state index is 0. The highest BCUT2D eigenvalue weighted by molar-refractivity contribution is 7.89. The van der Waals surface area contributed by atoms with Gasteiger partial charge in [0.15, 0.2) is 0 Å². The summed E-state index contributed by atoms with van der Waals surface area (Å²) in [6, 6.07) is 1.12. The van der Waals surface area contributed by atoms with Crippen LogP contribution in [0.1, 0.15) is 36.2 Å². The zero-order chi connectivity index (χ0) is 16.3. The molecule has 7 nitrogen and oxygen atoms in total. The number of rotatable bonds is 6. The third kappa shape index (κ3) is 4.47. The maximum Gasteiger partial charge on any atom is 0.267 e. The summed E-state index contributed by atoms with van der Waals surface area (Å²) < 4.78 is 29.2. The molecule has 0 aliphatic heterocycles. The van der Waals surface area contributed by atoms with Crippen molar-refractivity contribution in [1.29, 1.82) is 0 Å². The highest BCUT2D eigenvalue weighted by atomic mass is 35.5. The molecule has 132 valence electrons. The molecule has 23 heavy (non-hydrogen) atoms. The van der Waals surface area contributed by atoms with Crippen molar-refractivity contribution in [2.75, 3.05) is 13.6 Å². The molecule has 0 saturated heterocycles. The number of nitrogens with two attached hydrogens (primary N) is 1. The molecule has 0 bridgehead atoms. The molecule has 1 fully saturated rings. The molecule has 1 unspecified atom stereocenters. The Bertz CT molecular complexity index is 638. The second-order valence-corrected chi connectivity index (χ2v) is 7.47. The number of amides is 1. The van der Waals surface area contributed by atoms with Crippen molar-refractivity contribution in [3.8, 4) is 0 Å². The average molecular weight is 365 g/mol. The Hall–Kier alpha value is -1.09. The molecular weight excluding hydrogens is 340 g/mol. The molecule has 0 aromatic carbocycles. The molecule has 1 aromatic rings. The van der Waals surface area contributed by atoms with Crippen LogP contribution in [0.15, 0.2) is 17.2 Å². The topological polar surface area (TPSA) is 106 Å². The van der Waals surface area contributed by atoms with Gasteiger partial charge in [0.2, 0.25) is 10.0 Å². The molecule has 1 aromatic heterocycles. The van der Waals surface area contributed by atoms with Crippen molar-refractivity contribution in [1.82, 2.24) is 14.6 Å². The zero-order valence-corrected chi connectivity index (χ0v) is 15.0. The van der Waals surface area contributed by atoms with Gasteiger partial charge in [-0.25, -0.2) is 13.1 Å². The number of halogens is 1. The first-order valence-corrected chi connectivity index (χ1v) is 8.98. The molecule has 1 aliphatic carbocycles. The maximum absolute atomic E-state index is 12.5. The number of hydrogen-bond donors (Lipinski definition) is 3. The van der Waals surface area contributed by atoms with E-state index in [2.05, 4.69) is 10.0 Å². The molecule has 1 aliphatic rings. The van der Waals surface area contributed by atoms with E-state index in [-0.39, 0.29) is 35.8 Å². The summed E-state index contributed by atoms with van der Waals surface area (Å²) in [5.41, 5.74) is 6.05. The van der Waals surface area contributed by atoms with Crippen LogP contribution in [0.5, 0.6) is 0 Å². The van der Waals surface area contributed by atoms with Crippen LogP contribution in [0.3, 0.4) is 0 Å². The average Bonchev–Trinajstić information content (AvgIpc) is 3.13. The number of carbonyl (C=O) groups excluding carboxylic acids is 1. The fourth-order valence-electron chi connectivity index (χ4n) is 3.00. The van der Waals surface area contributed by atoms with Gasteiger partial charge >= 0.3 is 0 Å². The summed E-state index contributed by atoms with van der Waals surface area (Å²) in [6.07, 6.45) is 5.69. The number of nitrogens with zero attached hydrogens (tertiary/aromatic N) is 1. The summed E-state index contributed by atoms with van der Waals surface area (Å²) in [7, 11) is -0.537. The number of nitrogens with one attached hydrogen (secondary N) is 2. The summed E-state index contributed by atoms with van der Waals surface area (Å²) in [6.45, 7) is 0.277.